The van der Waals surface area contributed by atoms with E-state index in [0.717, 1.165) is 4.88 Å². The smallest absolute Gasteiger partial charge is 0.274 e. The molecule has 0 saturated carbocycles. The molecule has 1 aliphatic rings. The Bertz CT molecular complexity index is 429. The number of piperazine rings is 1. The minimum absolute atomic E-state index is 0.0217. The molecule has 0 N–H and O–H groups in total. The van der Waals surface area contributed by atoms with E-state index >= 15 is 0 Å². The second kappa shape index (κ2) is 4.21. The summed E-state index contributed by atoms with van der Waals surface area (Å²) in [4.78, 5) is 27.6. The highest BCUT2D eigenvalue weighted by Gasteiger charge is 2.26. The van der Waals surface area contributed by atoms with Crippen molar-refractivity contribution in [2.75, 3.05) is 26.7 Å². The van der Waals surface area contributed by atoms with Crippen molar-refractivity contribution in [1.82, 2.24) is 14.2 Å². The Labute approximate surface area is 97.8 Å². The zero-order valence-corrected chi connectivity index (χ0v) is 10.1. The Kier molecular flexibility index (Phi) is 2.91. The molecule has 1 fully saturated rings. The molecule has 0 radical (unpaired) electrons. The number of hydrogen-bond acceptors (Lipinski definition) is 4. The van der Waals surface area contributed by atoms with E-state index in [0.29, 0.717) is 18.8 Å². The summed E-state index contributed by atoms with van der Waals surface area (Å²) in [5, 5.41) is 0. The Morgan fingerprint density at radius 1 is 1.50 bits per heavy atom. The van der Waals surface area contributed by atoms with E-state index < -0.39 is 0 Å². The first-order chi connectivity index (χ1) is 7.58. The third-order valence-electron chi connectivity index (χ3n) is 2.59. The number of aromatic nitrogens is 1. The number of amides is 2. The molecule has 6 heteroatoms. The first kappa shape index (κ1) is 11.1. The first-order valence-corrected chi connectivity index (χ1v) is 5.82. The van der Waals surface area contributed by atoms with Gasteiger partial charge in [-0.25, -0.2) is 0 Å². The van der Waals surface area contributed by atoms with Crippen LogP contribution in [0.5, 0.6) is 0 Å². The van der Waals surface area contributed by atoms with Crippen molar-refractivity contribution in [3.05, 3.63) is 16.6 Å². The second-order valence-corrected chi connectivity index (χ2v) is 4.87. The third-order valence-corrected chi connectivity index (χ3v) is 3.29. The number of hydrogen-bond donors (Lipinski definition) is 0. The number of carbonyl (C=O) groups excluding carboxylic acids is 2. The van der Waals surface area contributed by atoms with Crippen LogP contribution in [0.15, 0.2) is 6.07 Å². The fourth-order valence-electron chi connectivity index (χ4n) is 1.56. The Balaban J connectivity index is 2.09. The Morgan fingerprint density at radius 2 is 2.25 bits per heavy atom. The van der Waals surface area contributed by atoms with Gasteiger partial charge in [0.1, 0.15) is 12.2 Å². The predicted octanol–water partition coefficient (Wildman–Crippen LogP) is 0.366. The maximum atomic E-state index is 12.0. The molecule has 1 saturated heterocycles. The SMILES string of the molecule is Cc1cc(C(=O)N2CCN(C)C(=O)C2)ns1. The summed E-state index contributed by atoms with van der Waals surface area (Å²) >= 11 is 1.31. The van der Waals surface area contributed by atoms with Crippen LogP contribution in [0, 0.1) is 6.92 Å². The van der Waals surface area contributed by atoms with Crippen LogP contribution in [-0.2, 0) is 4.79 Å². The molecular formula is C10H13N3O2S. The molecule has 0 aromatic carbocycles. The lowest BCUT2D eigenvalue weighted by Gasteiger charge is -2.31. The quantitative estimate of drug-likeness (QED) is 0.711. The monoisotopic (exact) mass is 239 g/mol. The van der Waals surface area contributed by atoms with Gasteiger partial charge in [-0.2, -0.15) is 4.37 Å². The minimum Gasteiger partial charge on any atom is -0.342 e. The average Bonchev–Trinajstić information content (AvgIpc) is 2.68. The van der Waals surface area contributed by atoms with Crippen LogP contribution in [0.2, 0.25) is 0 Å². The minimum atomic E-state index is -0.147. The summed E-state index contributed by atoms with van der Waals surface area (Å²) in [5.41, 5.74) is 0.444. The van der Waals surface area contributed by atoms with Crippen molar-refractivity contribution in [1.29, 1.82) is 0 Å². The van der Waals surface area contributed by atoms with E-state index in [2.05, 4.69) is 4.37 Å². The lowest BCUT2D eigenvalue weighted by atomic mass is 10.2. The highest BCUT2D eigenvalue weighted by atomic mass is 32.1. The van der Waals surface area contributed by atoms with Crippen molar-refractivity contribution in [3.8, 4) is 0 Å². The van der Waals surface area contributed by atoms with E-state index in [1.807, 2.05) is 6.92 Å². The average molecular weight is 239 g/mol. The van der Waals surface area contributed by atoms with Crippen molar-refractivity contribution in [2.45, 2.75) is 6.92 Å². The van der Waals surface area contributed by atoms with Gasteiger partial charge in [0.2, 0.25) is 5.91 Å². The molecule has 16 heavy (non-hydrogen) atoms. The lowest BCUT2D eigenvalue weighted by molar-refractivity contribution is -0.133. The number of likely N-dealkylation sites (N-methyl/N-ethyl adjacent to an activating group) is 1. The number of carbonyl (C=O) groups is 2. The van der Waals surface area contributed by atoms with Gasteiger partial charge in [0, 0.05) is 25.0 Å². The van der Waals surface area contributed by atoms with Gasteiger partial charge in [0.15, 0.2) is 0 Å². The molecule has 1 aromatic heterocycles. The van der Waals surface area contributed by atoms with Crippen molar-refractivity contribution < 1.29 is 9.59 Å². The largest absolute Gasteiger partial charge is 0.342 e. The third kappa shape index (κ3) is 2.06. The first-order valence-electron chi connectivity index (χ1n) is 5.04. The van der Waals surface area contributed by atoms with Gasteiger partial charge in [-0.1, -0.05) is 0 Å². The number of aryl methyl sites for hydroxylation is 1. The van der Waals surface area contributed by atoms with E-state index in [1.54, 1.807) is 22.9 Å². The summed E-state index contributed by atoms with van der Waals surface area (Å²) in [5.74, 6) is -0.169. The summed E-state index contributed by atoms with van der Waals surface area (Å²) in [6, 6.07) is 1.76. The van der Waals surface area contributed by atoms with Gasteiger partial charge in [0.05, 0.1) is 0 Å². The van der Waals surface area contributed by atoms with Gasteiger partial charge >= 0.3 is 0 Å². The van der Waals surface area contributed by atoms with Crippen molar-refractivity contribution >= 4 is 23.3 Å². The fraction of sp³-hybridized carbons (Fsp3) is 0.500. The van der Waals surface area contributed by atoms with E-state index in [-0.39, 0.29) is 18.4 Å². The molecule has 5 nitrogen and oxygen atoms in total. The van der Waals surface area contributed by atoms with E-state index in [1.165, 1.54) is 11.5 Å². The second-order valence-electron chi connectivity index (χ2n) is 3.86. The molecule has 0 unspecified atom stereocenters. The zero-order chi connectivity index (χ0) is 11.7. The molecule has 86 valence electrons. The highest BCUT2D eigenvalue weighted by molar-refractivity contribution is 7.05. The van der Waals surface area contributed by atoms with E-state index in [4.69, 9.17) is 0 Å². The lowest BCUT2D eigenvalue weighted by Crippen LogP contribution is -2.50. The van der Waals surface area contributed by atoms with Crippen LogP contribution in [0.1, 0.15) is 15.4 Å². The van der Waals surface area contributed by atoms with Gasteiger partial charge in [-0.3, -0.25) is 9.59 Å². The van der Waals surface area contributed by atoms with Crippen LogP contribution in [0.4, 0.5) is 0 Å². The van der Waals surface area contributed by atoms with Gasteiger partial charge in [-0.15, -0.1) is 0 Å². The molecular weight excluding hydrogens is 226 g/mol. The van der Waals surface area contributed by atoms with Gasteiger partial charge in [-0.05, 0) is 24.5 Å². The summed E-state index contributed by atoms with van der Waals surface area (Å²) in [7, 11) is 1.75. The van der Waals surface area contributed by atoms with E-state index in [9.17, 15) is 9.59 Å². The van der Waals surface area contributed by atoms with Crippen LogP contribution >= 0.6 is 11.5 Å². The van der Waals surface area contributed by atoms with Gasteiger partial charge < -0.3 is 9.80 Å². The van der Waals surface area contributed by atoms with Crippen LogP contribution in [0.25, 0.3) is 0 Å². The number of nitrogens with zero attached hydrogens (tertiary/aromatic N) is 3. The normalized spacial score (nSPS) is 16.8. The molecule has 0 spiro atoms. The molecule has 1 aliphatic heterocycles. The fourth-order valence-corrected chi connectivity index (χ4v) is 2.10. The molecule has 0 atom stereocenters. The van der Waals surface area contributed by atoms with Crippen LogP contribution in [-0.4, -0.2) is 52.7 Å². The topological polar surface area (TPSA) is 53.5 Å². The Hall–Kier alpha value is -1.43. The summed E-state index contributed by atoms with van der Waals surface area (Å²) in [6.07, 6.45) is 0. The molecule has 2 amide bonds. The summed E-state index contributed by atoms with van der Waals surface area (Å²) in [6.45, 7) is 3.24. The molecule has 2 heterocycles. The molecule has 0 bridgehead atoms. The van der Waals surface area contributed by atoms with Gasteiger partial charge in [0.25, 0.3) is 5.91 Å². The van der Waals surface area contributed by atoms with Crippen molar-refractivity contribution in [3.63, 3.8) is 0 Å². The zero-order valence-electron chi connectivity index (χ0n) is 9.27. The predicted molar refractivity (Wildman–Crippen MR) is 60.4 cm³/mol. The van der Waals surface area contributed by atoms with Crippen LogP contribution < -0.4 is 0 Å². The van der Waals surface area contributed by atoms with Crippen LogP contribution in [0.3, 0.4) is 0 Å². The maximum Gasteiger partial charge on any atom is 0.274 e. The standard InChI is InChI=1S/C10H13N3O2S/c1-7-5-8(11-16-7)10(15)13-4-3-12(2)9(14)6-13/h5H,3-4,6H2,1-2H3. The molecule has 1 aromatic rings. The maximum absolute atomic E-state index is 12.0. The highest BCUT2D eigenvalue weighted by Crippen LogP contribution is 2.12. The molecule has 0 aliphatic carbocycles. The summed E-state index contributed by atoms with van der Waals surface area (Å²) < 4.78 is 4.06. The molecule has 2 rings (SSSR count). The Morgan fingerprint density at radius 3 is 2.81 bits per heavy atom. The van der Waals surface area contributed by atoms with Crippen molar-refractivity contribution in [2.24, 2.45) is 0 Å². The number of rotatable bonds is 1.